The third kappa shape index (κ3) is 4.83. The third-order valence-electron chi connectivity index (χ3n) is 1.07. The zero-order valence-electron chi connectivity index (χ0n) is 6.72. The highest BCUT2D eigenvalue weighted by molar-refractivity contribution is 5.99. The minimum atomic E-state index is -4.66. The Hall–Kier alpha value is -1.53. The molecule has 0 aliphatic heterocycles. The van der Waals surface area contributed by atoms with Crippen molar-refractivity contribution >= 4 is 12.1 Å². The second-order valence-electron chi connectivity index (χ2n) is 2.01. The minimum Gasteiger partial charge on any atom is -0.403 e. The lowest BCUT2D eigenvalue weighted by atomic mass is 10.3. The summed E-state index contributed by atoms with van der Waals surface area (Å²) < 4.78 is 35.0. The van der Waals surface area contributed by atoms with Crippen molar-refractivity contribution in [1.82, 2.24) is 5.32 Å². The Morgan fingerprint density at radius 1 is 1.54 bits per heavy atom. The van der Waals surface area contributed by atoms with Crippen molar-refractivity contribution in [1.29, 1.82) is 0 Å². The molecule has 0 aromatic rings. The second kappa shape index (κ2) is 4.48. The molecule has 0 aliphatic carbocycles. The standard InChI is InChI=1S/C6H8F3N3O/c1-4(12-6(7,8)9)5(2-10)11-3-13/h2-3H,10H2,1H3,(H,11,13)/b5-2+,12-4+. The molecule has 0 atom stereocenters. The Morgan fingerprint density at radius 3 is 2.38 bits per heavy atom. The molecule has 1 amide bonds. The first kappa shape index (κ1) is 11.5. The van der Waals surface area contributed by atoms with Gasteiger partial charge in [-0.2, -0.15) is 4.99 Å². The number of nitrogens with zero attached hydrogens (tertiary/aromatic N) is 1. The van der Waals surface area contributed by atoms with E-state index in [-0.39, 0.29) is 12.1 Å². The molecule has 3 N–H and O–H groups in total. The van der Waals surface area contributed by atoms with Crippen molar-refractivity contribution in [3.05, 3.63) is 11.9 Å². The van der Waals surface area contributed by atoms with Crippen LogP contribution in [0, 0.1) is 0 Å². The van der Waals surface area contributed by atoms with Crippen LogP contribution in [0.25, 0.3) is 0 Å². The van der Waals surface area contributed by atoms with Gasteiger partial charge in [-0.25, -0.2) is 0 Å². The maximum absolute atomic E-state index is 11.7. The van der Waals surface area contributed by atoms with Gasteiger partial charge in [-0.05, 0) is 6.92 Å². The highest BCUT2D eigenvalue weighted by Gasteiger charge is 2.26. The molecule has 0 fully saturated rings. The van der Waals surface area contributed by atoms with E-state index < -0.39 is 12.0 Å². The summed E-state index contributed by atoms with van der Waals surface area (Å²) in [5.41, 5.74) is 4.37. The highest BCUT2D eigenvalue weighted by Crippen LogP contribution is 2.17. The van der Waals surface area contributed by atoms with E-state index in [0.717, 1.165) is 13.1 Å². The summed E-state index contributed by atoms with van der Waals surface area (Å²) in [4.78, 5) is 12.2. The number of hydrogen-bond donors (Lipinski definition) is 2. The molecule has 7 heteroatoms. The number of nitrogens with one attached hydrogen (secondary N) is 1. The zero-order chi connectivity index (χ0) is 10.5. The predicted molar refractivity (Wildman–Crippen MR) is 40.6 cm³/mol. The number of halogens is 3. The Bertz CT molecular complexity index is 244. The normalized spacial score (nSPS) is 14.2. The van der Waals surface area contributed by atoms with E-state index in [9.17, 15) is 18.0 Å². The van der Waals surface area contributed by atoms with Crippen molar-refractivity contribution in [2.75, 3.05) is 0 Å². The van der Waals surface area contributed by atoms with Gasteiger partial charge in [0, 0.05) is 6.20 Å². The summed E-state index contributed by atoms with van der Waals surface area (Å²) in [6.45, 7) is 1.09. The van der Waals surface area contributed by atoms with Crippen LogP contribution in [0.1, 0.15) is 6.92 Å². The number of carbonyl (C=O) groups excluding carboxylic acids is 1. The van der Waals surface area contributed by atoms with E-state index in [0.29, 0.717) is 0 Å². The van der Waals surface area contributed by atoms with E-state index in [2.05, 4.69) is 4.99 Å². The van der Waals surface area contributed by atoms with Crippen molar-refractivity contribution in [3.8, 4) is 0 Å². The molecule has 0 rings (SSSR count). The molecule has 0 radical (unpaired) electrons. The Balaban J connectivity index is 4.65. The fourth-order valence-electron chi connectivity index (χ4n) is 0.587. The lowest BCUT2D eigenvalue weighted by Gasteiger charge is -2.05. The van der Waals surface area contributed by atoms with E-state index >= 15 is 0 Å². The summed E-state index contributed by atoms with van der Waals surface area (Å²) in [5.74, 6) is 0. The maximum Gasteiger partial charge on any atom is 0.503 e. The van der Waals surface area contributed by atoms with E-state index in [4.69, 9.17) is 5.73 Å². The minimum absolute atomic E-state index is 0.174. The van der Waals surface area contributed by atoms with Gasteiger partial charge in [0.25, 0.3) is 0 Å². The van der Waals surface area contributed by atoms with Gasteiger partial charge in [-0.15, -0.1) is 13.2 Å². The average Bonchev–Trinajstić information content (AvgIpc) is 1.96. The summed E-state index contributed by atoms with van der Waals surface area (Å²) in [5, 5.41) is 1.98. The predicted octanol–water partition coefficient (Wildman–Crippen LogP) is 0.513. The Morgan fingerprint density at radius 2 is 2.08 bits per heavy atom. The summed E-state index contributed by atoms with van der Waals surface area (Å²) in [7, 11) is 0. The number of hydrogen-bond acceptors (Lipinski definition) is 3. The van der Waals surface area contributed by atoms with Crippen LogP contribution in [0.15, 0.2) is 16.9 Å². The van der Waals surface area contributed by atoms with Crippen molar-refractivity contribution < 1.29 is 18.0 Å². The number of rotatable bonds is 3. The molecular weight excluding hydrogens is 187 g/mol. The molecule has 74 valence electrons. The topological polar surface area (TPSA) is 67.5 Å². The van der Waals surface area contributed by atoms with Crippen LogP contribution in [0.2, 0.25) is 0 Å². The van der Waals surface area contributed by atoms with Gasteiger partial charge < -0.3 is 11.1 Å². The molecule has 0 aromatic heterocycles. The number of amides is 1. The van der Waals surface area contributed by atoms with Gasteiger partial charge in [-0.3, -0.25) is 4.79 Å². The largest absolute Gasteiger partial charge is 0.503 e. The number of aliphatic imine (C=N–C) groups is 1. The smallest absolute Gasteiger partial charge is 0.403 e. The molecule has 0 unspecified atom stereocenters. The van der Waals surface area contributed by atoms with Crippen LogP contribution in [-0.2, 0) is 4.79 Å². The summed E-state index contributed by atoms with van der Waals surface area (Å²) in [6.07, 6.45) is -3.62. The van der Waals surface area contributed by atoms with E-state index in [1.165, 1.54) is 0 Å². The van der Waals surface area contributed by atoms with Gasteiger partial charge >= 0.3 is 6.30 Å². The first-order chi connectivity index (χ1) is 5.90. The first-order valence-corrected chi connectivity index (χ1v) is 3.16. The SMILES string of the molecule is CC(=N\C(F)(F)F)/C(=C\N)NC=O. The van der Waals surface area contributed by atoms with Gasteiger partial charge in [0.05, 0.1) is 11.4 Å². The first-order valence-electron chi connectivity index (χ1n) is 3.16. The average molecular weight is 195 g/mol. The fourth-order valence-corrected chi connectivity index (χ4v) is 0.587. The molecule has 4 nitrogen and oxygen atoms in total. The van der Waals surface area contributed by atoms with Crippen LogP contribution in [-0.4, -0.2) is 18.4 Å². The van der Waals surface area contributed by atoms with Gasteiger partial charge in [0.15, 0.2) is 0 Å². The Labute approximate surface area is 72.3 Å². The molecular formula is C6H8F3N3O. The molecule has 0 saturated heterocycles. The van der Waals surface area contributed by atoms with Gasteiger partial charge in [0.1, 0.15) is 0 Å². The number of carbonyl (C=O) groups is 1. The number of nitrogens with two attached hydrogens (primary N) is 1. The quantitative estimate of drug-likeness (QED) is 0.391. The zero-order valence-corrected chi connectivity index (χ0v) is 6.72. The lowest BCUT2D eigenvalue weighted by molar-refractivity contribution is -0.119. The molecule has 0 spiro atoms. The van der Waals surface area contributed by atoms with Crippen LogP contribution in [0.4, 0.5) is 13.2 Å². The maximum atomic E-state index is 11.7. The lowest BCUT2D eigenvalue weighted by Crippen LogP contribution is -2.20. The van der Waals surface area contributed by atoms with Gasteiger partial charge in [-0.1, -0.05) is 0 Å². The van der Waals surface area contributed by atoms with Crippen LogP contribution in [0.3, 0.4) is 0 Å². The molecule has 0 heterocycles. The molecule has 0 bridgehead atoms. The van der Waals surface area contributed by atoms with Crippen molar-refractivity contribution in [2.24, 2.45) is 10.7 Å². The number of alkyl halides is 3. The highest BCUT2D eigenvalue weighted by atomic mass is 19.4. The van der Waals surface area contributed by atoms with Crippen LogP contribution in [0.5, 0.6) is 0 Å². The fraction of sp³-hybridized carbons (Fsp3) is 0.333. The molecule has 0 aliphatic rings. The number of allylic oxidation sites excluding steroid dienone is 1. The summed E-state index contributed by atoms with van der Waals surface area (Å²) in [6, 6.07) is 0. The van der Waals surface area contributed by atoms with Gasteiger partial charge in [0.2, 0.25) is 6.41 Å². The van der Waals surface area contributed by atoms with Crippen molar-refractivity contribution in [3.63, 3.8) is 0 Å². The van der Waals surface area contributed by atoms with Crippen molar-refractivity contribution in [2.45, 2.75) is 13.2 Å². The molecule has 0 aromatic carbocycles. The monoisotopic (exact) mass is 195 g/mol. The van der Waals surface area contributed by atoms with Crippen LogP contribution >= 0.6 is 0 Å². The summed E-state index contributed by atoms with van der Waals surface area (Å²) >= 11 is 0. The third-order valence-corrected chi connectivity index (χ3v) is 1.07. The van der Waals surface area contributed by atoms with E-state index in [1.807, 2.05) is 5.32 Å². The molecule has 0 saturated carbocycles. The van der Waals surface area contributed by atoms with E-state index in [1.54, 1.807) is 0 Å². The Kier molecular flexibility index (Phi) is 3.96. The molecule has 13 heavy (non-hydrogen) atoms. The second-order valence-corrected chi connectivity index (χ2v) is 2.01. The van der Waals surface area contributed by atoms with Crippen LogP contribution < -0.4 is 11.1 Å².